The molecule has 0 bridgehead atoms. The number of hydrogen-bond donors (Lipinski definition) is 1. The van der Waals surface area contributed by atoms with E-state index < -0.39 is 6.04 Å². The molecule has 0 aromatic heterocycles. The Morgan fingerprint density at radius 3 is 2.80 bits per heavy atom. The summed E-state index contributed by atoms with van der Waals surface area (Å²) in [7, 11) is 0. The van der Waals surface area contributed by atoms with Crippen LogP contribution in [0.1, 0.15) is 46.5 Å². The van der Waals surface area contributed by atoms with E-state index in [2.05, 4.69) is 15.2 Å². The molecule has 3 aliphatic rings. The Kier molecular flexibility index (Phi) is 5.99. The molecule has 1 aromatic carbocycles. The monoisotopic (exact) mass is 412 g/mol. The molecule has 3 amide bonds. The van der Waals surface area contributed by atoms with E-state index in [-0.39, 0.29) is 37.0 Å². The lowest BCUT2D eigenvalue weighted by atomic mass is 9.84. The van der Waals surface area contributed by atoms with Crippen LogP contribution >= 0.6 is 0 Å². The first kappa shape index (κ1) is 20.7. The highest BCUT2D eigenvalue weighted by molar-refractivity contribution is 5.99. The molecular weight excluding hydrogens is 380 g/mol. The highest BCUT2D eigenvalue weighted by atomic mass is 16.2. The van der Waals surface area contributed by atoms with Gasteiger partial charge in [0.1, 0.15) is 6.04 Å². The SMILES string of the molecule is CCC1[C@H]2C(=O)Nc3ccccc3CN2C(=O)CCN2CCC[C@@H]2C(=O)N=C[C@@H]1C.[HH]. The van der Waals surface area contributed by atoms with Gasteiger partial charge in [0.15, 0.2) is 0 Å². The van der Waals surface area contributed by atoms with Gasteiger partial charge in [-0.2, -0.15) is 0 Å². The molecule has 3 aliphatic heterocycles. The Morgan fingerprint density at radius 1 is 1.20 bits per heavy atom. The number of anilines is 1. The fraction of sp³-hybridized carbons (Fsp3) is 0.565. The highest BCUT2D eigenvalue weighted by Crippen LogP contribution is 2.31. The minimum absolute atomic E-state index is 0. The normalized spacial score (nSPS) is 30.5. The van der Waals surface area contributed by atoms with Gasteiger partial charge in [-0.15, -0.1) is 0 Å². The Labute approximate surface area is 179 Å². The molecule has 1 fully saturated rings. The summed E-state index contributed by atoms with van der Waals surface area (Å²) in [6.45, 7) is 5.73. The van der Waals surface area contributed by atoms with Crippen LogP contribution < -0.4 is 5.32 Å². The van der Waals surface area contributed by atoms with Gasteiger partial charge in [0.25, 0.3) is 5.91 Å². The van der Waals surface area contributed by atoms with Gasteiger partial charge in [0.05, 0.1) is 6.04 Å². The Balaban J connectivity index is 0.00000272. The fourth-order valence-electron chi connectivity index (χ4n) is 5.11. The standard InChI is InChI=1S/C23H30N4O3.H2/c1-3-17-15(2)13-24-22(29)19-9-6-11-26(19)12-10-20(28)27-14-16-7-4-5-8-18(16)25-23(30)21(17)27;/h4-5,7-8,13,15,17,19,21H,3,6,9-12,14H2,1-2H3,(H,25,30);1H/t15-,17?,19+,21-;/m0./s1. The minimum atomic E-state index is -0.597. The Morgan fingerprint density at radius 2 is 2.00 bits per heavy atom. The number of carbonyl (C=O) groups excluding carboxylic acids is 3. The summed E-state index contributed by atoms with van der Waals surface area (Å²) in [5, 5.41) is 3.03. The molecule has 30 heavy (non-hydrogen) atoms. The summed E-state index contributed by atoms with van der Waals surface area (Å²) in [6.07, 6.45) is 4.43. The number of benzene rings is 1. The van der Waals surface area contributed by atoms with E-state index in [0.29, 0.717) is 25.9 Å². The van der Waals surface area contributed by atoms with Crippen molar-refractivity contribution in [2.24, 2.45) is 16.8 Å². The number of nitrogens with one attached hydrogen (secondary N) is 1. The Bertz CT molecular complexity index is 874. The number of nitrogens with zero attached hydrogens (tertiary/aromatic N) is 3. The molecule has 1 unspecified atom stereocenters. The van der Waals surface area contributed by atoms with Crippen molar-refractivity contribution < 1.29 is 15.8 Å². The lowest BCUT2D eigenvalue weighted by Crippen LogP contribution is -2.52. The molecule has 0 spiro atoms. The number of hydrogen-bond acceptors (Lipinski definition) is 4. The second-order valence-corrected chi connectivity index (χ2v) is 8.60. The maximum Gasteiger partial charge on any atom is 0.262 e. The van der Waals surface area contributed by atoms with Crippen LogP contribution in [-0.4, -0.2) is 58.9 Å². The predicted molar refractivity (Wildman–Crippen MR) is 117 cm³/mol. The second kappa shape index (κ2) is 8.68. The van der Waals surface area contributed by atoms with Crippen LogP contribution in [0.25, 0.3) is 0 Å². The zero-order valence-corrected chi connectivity index (χ0v) is 17.7. The fourth-order valence-corrected chi connectivity index (χ4v) is 5.11. The van der Waals surface area contributed by atoms with E-state index >= 15 is 0 Å². The van der Waals surface area contributed by atoms with E-state index in [0.717, 1.165) is 30.6 Å². The van der Waals surface area contributed by atoms with Crippen LogP contribution in [0, 0.1) is 11.8 Å². The lowest BCUT2D eigenvalue weighted by Gasteiger charge is -2.37. The molecule has 1 N–H and O–H groups in total. The third-order valence-corrected chi connectivity index (χ3v) is 6.79. The predicted octanol–water partition coefficient (Wildman–Crippen LogP) is 2.71. The van der Waals surface area contributed by atoms with E-state index in [4.69, 9.17) is 0 Å². The highest BCUT2D eigenvalue weighted by Gasteiger charge is 2.41. The molecule has 7 nitrogen and oxygen atoms in total. The molecule has 3 heterocycles. The summed E-state index contributed by atoms with van der Waals surface area (Å²) in [6, 6.07) is 6.83. The minimum Gasteiger partial charge on any atom is -0.326 e. The third kappa shape index (κ3) is 3.90. The molecule has 7 heteroatoms. The third-order valence-electron chi connectivity index (χ3n) is 6.79. The van der Waals surface area contributed by atoms with E-state index in [1.54, 1.807) is 11.1 Å². The summed E-state index contributed by atoms with van der Waals surface area (Å²) in [4.78, 5) is 47.5. The molecule has 4 atom stereocenters. The summed E-state index contributed by atoms with van der Waals surface area (Å²) < 4.78 is 0. The summed E-state index contributed by atoms with van der Waals surface area (Å²) in [5.41, 5.74) is 1.71. The van der Waals surface area contributed by atoms with Gasteiger partial charge in [0.2, 0.25) is 11.8 Å². The molecule has 162 valence electrons. The summed E-state index contributed by atoms with van der Waals surface area (Å²) >= 11 is 0. The van der Waals surface area contributed by atoms with Crippen molar-refractivity contribution in [1.29, 1.82) is 0 Å². The molecule has 1 saturated heterocycles. The van der Waals surface area contributed by atoms with Crippen molar-refractivity contribution in [2.45, 2.75) is 58.2 Å². The average Bonchev–Trinajstić information content (AvgIpc) is 3.16. The molecular formula is C23H32N4O3. The van der Waals surface area contributed by atoms with Crippen molar-refractivity contribution >= 4 is 29.6 Å². The van der Waals surface area contributed by atoms with Crippen LogP contribution in [-0.2, 0) is 20.9 Å². The summed E-state index contributed by atoms with van der Waals surface area (Å²) in [5.74, 6) is -0.563. The average molecular weight is 413 g/mol. The molecule has 0 aliphatic carbocycles. The number of rotatable bonds is 1. The van der Waals surface area contributed by atoms with Gasteiger partial charge in [-0.05, 0) is 42.9 Å². The zero-order chi connectivity index (χ0) is 21.3. The first-order chi connectivity index (χ1) is 14.5. The molecule has 0 radical (unpaired) electrons. The maximum absolute atomic E-state index is 13.4. The number of para-hydroxylation sites is 1. The zero-order valence-electron chi connectivity index (χ0n) is 17.7. The van der Waals surface area contributed by atoms with Crippen LogP contribution in [0.15, 0.2) is 29.3 Å². The molecule has 0 saturated carbocycles. The number of aliphatic imine (C=N–C) groups is 1. The Hall–Kier alpha value is -2.54. The van der Waals surface area contributed by atoms with Crippen LogP contribution in [0.2, 0.25) is 0 Å². The van der Waals surface area contributed by atoms with E-state index in [1.807, 2.05) is 38.1 Å². The van der Waals surface area contributed by atoms with Crippen LogP contribution in [0.5, 0.6) is 0 Å². The van der Waals surface area contributed by atoms with E-state index in [1.165, 1.54) is 0 Å². The lowest BCUT2D eigenvalue weighted by molar-refractivity contribution is -0.142. The van der Waals surface area contributed by atoms with Crippen molar-refractivity contribution in [3.63, 3.8) is 0 Å². The van der Waals surface area contributed by atoms with Gasteiger partial charge in [0, 0.05) is 32.8 Å². The maximum atomic E-state index is 13.4. The largest absolute Gasteiger partial charge is 0.326 e. The van der Waals surface area contributed by atoms with Gasteiger partial charge >= 0.3 is 0 Å². The second-order valence-electron chi connectivity index (χ2n) is 8.60. The number of carbonyl (C=O) groups is 3. The van der Waals surface area contributed by atoms with Crippen molar-refractivity contribution in [3.05, 3.63) is 29.8 Å². The van der Waals surface area contributed by atoms with Crippen LogP contribution in [0.4, 0.5) is 5.69 Å². The first-order valence-electron chi connectivity index (χ1n) is 11.0. The van der Waals surface area contributed by atoms with Gasteiger partial charge in [-0.1, -0.05) is 38.5 Å². The molecule has 1 aromatic rings. The topological polar surface area (TPSA) is 82.1 Å². The van der Waals surface area contributed by atoms with Gasteiger partial charge in [-0.3, -0.25) is 19.3 Å². The first-order valence-corrected chi connectivity index (χ1v) is 11.0. The van der Waals surface area contributed by atoms with Crippen molar-refractivity contribution in [1.82, 2.24) is 9.80 Å². The van der Waals surface area contributed by atoms with Crippen molar-refractivity contribution in [3.8, 4) is 0 Å². The van der Waals surface area contributed by atoms with Gasteiger partial charge < -0.3 is 10.2 Å². The molecule has 4 rings (SSSR count). The van der Waals surface area contributed by atoms with Crippen molar-refractivity contribution in [2.75, 3.05) is 18.4 Å². The smallest absolute Gasteiger partial charge is 0.262 e. The quantitative estimate of drug-likeness (QED) is 0.769. The van der Waals surface area contributed by atoms with Crippen LogP contribution in [0.3, 0.4) is 0 Å². The number of amides is 3. The van der Waals surface area contributed by atoms with E-state index in [9.17, 15) is 14.4 Å². The number of fused-ring (bicyclic) bond motifs is 3. The van der Waals surface area contributed by atoms with Gasteiger partial charge in [-0.25, -0.2) is 4.99 Å².